The molecule has 0 aliphatic carbocycles. The van der Waals surface area contributed by atoms with Crippen molar-refractivity contribution < 1.29 is 22.7 Å². The summed E-state index contributed by atoms with van der Waals surface area (Å²) in [5, 5.41) is 2.65. The van der Waals surface area contributed by atoms with Crippen LogP contribution >= 0.6 is 0 Å². The molecule has 1 atom stereocenters. The minimum absolute atomic E-state index is 0.00160. The Morgan fingerprint density at radius 2 is 1.87 bits per heavy atom. The molecule has 0 aromatic heterocycles. The Hall–Kier alpha value is -3.56. The van der Waals surface area contributed by atoms with Gasteiger partial charge in [0, 0.05) is 19.2 Å². The minimum atomic E-state index is -0.717. The smallest absolute Gasteiger partial charge is 0.330 e. The summed E-state index contributed by atoms with van der Waals surface area (Å²) in [6, 6.07) is 4.84. The number of fused-ring (bicyclic) bond motifs is 1. The molecule has 1 N–H and O–H groups in total. The lowest BCUT2D eigenvalue weighted by atomic mass is 10.1. The maximum Gasteiger partial charge on any atom is 0.330 e. The summed E-state index contributed by atoms with van der Waals surface area (Å²) in [5.41, 5.74) is 1.22. The number of hydrogen-bond donors (Lipinski definition) is 1. The maximum atomic E-state index is 13.9. The molecule has 0 bridgehead atoms. The number of aliphatic imine (C=N–C) groups is 2. The van der Waals surface area contributed by atoms with Crippen molar-refractivity contribution in [3.05, 3.63) is 58.9 Å². The number of amides is 2. The largest absolute Gasteiger partial charge is 0.494 e. The number of guanidine groups is 2. The van der Waals surface area contributed by atoms with Crippen molar-refractivity contribution in [2.24, 2.45) is 9.98 Å². The lowest BCUT2D eigenvalue weighted by Gasteiger charge is -2.36. The van der Waals surface area contributed by atoms with E-state index in [0.29, 0.717) is 22.8 Å². The molecular formula is C20H18F3N5O2. The highest BCUT2D eigenvalue weighted by Gasteiger charge is 2.41. The number of nitrogens with one attached hydrogen (secondary N) is 1. The van der Waals surface area contributed by atoms with Crippen molar-refractivity contribution in [1.82, 2.24) is 15.1 Å². The van der Waals surface area contributed by atoms with Crippen LogP contribution in [0.25, 0.3) is 0 Å². The summed E-state index contributed by atoms with van der Waals surface area (Å²) in [5.74, 6) is -1.57. The summed E-state index contributed by atoms with van der Waals surface area (Å²) in [7, 11) is 2.86. The van der Waals surface area contributed by atoms with Crippen LogP contribution in [0.15, 0.2) is 40.3 Å². The van der Waals surface area contributed by atoms with E-state index in [9.17, 15) is 18.0 Å². The molecule has 1 fully saturated rings. The molecule has 2 aliphatic rings. The number of hydrogen-bond acceptors (Lipinski definition) is 4. The van der Waals surface area contributed by atoms with Crippen LogP contribution in [-0.4, -0.2) is 48.5 Å². The summed E-state index contributed by atoms with van der Waals surface area (Å²) >= 11 is 0. The van der Waals surface area contributed by atoms with Gasteiger partial charge in [-0.05, 0) is 36.2 Å². The Kier molecular flexibility index (Phi) is 4.84. The average Bonchev–Trinajstić information content (AvgIpc) is 3.12. The Morgan fingerprint density at radius 3 is 2.53 bits per heavy atom. The molecular weight excluding hydrogens is 399 g/mol. The topological polar surface area (TPSA) is 69.5 Å². The van der Waals surface area contributed by atoms with Crippen molar-refractivity contribution in [3.63, 3.8) is 0 Å². The molecule has 4 rings (SSSR count). The monoisotopic (exact) mass is 417 g/mol. The van der Waals surface area contributed by atoms with E-state index in [1.807, 2.05) is 0 Å². The first-order chi connectivity index (χ1) is 14.3. The molecule has 1 saturated heterocycles. The number of aryl methyl sites for hydroxylation is 1. The zero-order valence-corrected chi connectivity index (χ0v) is 16.4. The second-order valence-corrected chi connectivity index (χ2v) is 6.93. The third-order valence-corrected chi connectivity index (χ3v) is 4.95. The fourth-order valence-corrected chi connectivity index (χ4v) is 3.44. The fourth-order valence-electron chi connectivity index (χ4n) is 3.44. The molecule has 10 heteroatoms. The number of ether oxygens (including phenoxy) is 1. The van der Waals surface area contributed by atoms with Gasteiger partial charge in [-0.2, -0.15) is 0 Å². The zero-order valence-electron chi connectivity index (χ0n) is 16.4. The van der Waals surface area contributed by atoms with E-state index >= 15 is 0 Å². The molecule has 156 valence electrons. The van der Waals surface area contributed by atoms with Crippen molar-refractivity contribution in [2.75, 3.05) is 20.7 Å². The molecule has 2 heterocycles. The van der Waals surface area contributed by atoms with Gasteiger partial charge in [-0.15, -0.1) is 0 Å². The van der Waals surface area contributed by atoms with Gasteiger partial charge in [-0.3, -0.25) is 15.1 Å². The molecule has 2 aromatic rings. The Balaban J connectivity index is 1.81. The lowest BCUT2D eigenvalue weighted by molar-refractivity contribution is 0.222. The summed E-state index contributed by atoms with van der Waals surface area (Å²) in [6.07, 6.45) is 0. The maximum absolute atomic E-state index is 13.9. The van der Waals surface area contributed by atoms with Gasteiger partial charge >= 0.3 is 6.03 Å². The van der Waals surface area contributed by atoms with E-state index in [1.165, 1.54) is 43.3 Å². The Bertz CT molecular complexity index is 1080. The van der Waals surface area contributed by atoms with Crippen LogP contribution in [0, 0.1) is 24.4 Å². The second-order valence-electron chi connectivity index (χ2n) is 6.93. The van der Waals surface area contributed by atoms with Crippen molar-refractivity contribution >= 4 is 23.6 Å². The number of urea groups is 1. The van der Waals surface area contributed by atoms with E-state index in [-0.39, 0.29) is 18.3 Å². The van der Waals surface area contributed by atoms with E-state index in [2.05, 4.69) is 15.3 Å². The van der Waals surface area contributed by atoms with Crippen LogP contribution in [-0.2, 0) is 0 Å². The number of carbonyl (C=O) groups excluding carboxylic acids is 1. The summed E-state index contributed by atoms with van der Waals surface area (Å²) < 4.78 is 46.6. The normalized spacial score (nSPS) is 19.7. The highest BCUT2D eigenvalue weighted by molar-refractivity contribution is 6.16. The molecule has 1 unspecified atom stereocenters. The van der Waals surface area contributed by atoms with Gasteiger partial charge in [-0.25, -0.2) is 28.0 Å². The molecule has 0 spiro atoms. The van der Waals surface area contributed by atoms with Crippen LogP contribution in [0.4, 0.5) is 23.7 Å². The van der Waals surface area contributed by atoms with Gasteiger partial charge in [0.15, 0.2) is 11.6 Å². The van der Waals surface area contributed by atoms with Crippen LogP contribution in [0.1, 0.15) is 17.2 Å². The second kappa shape index (κ2) is 7.36. The lowest BCUT2D eigenvalue weighted by Crippen LogP contribution is -2.61. The van der Waals surface area contributed by atoms with Crippen LogP contribution in [0.2, 0.25) is 0 Å². The highest BCUT2D eigenvalue weighted by atomic mass is 19.1. The first-order valence-electron chi connectivity index (χ1n) is 9.05. The van der Waals surface area contributed by atoms with Gasteiger partial charge in [0.2, 0.25) is 11.9 Å². The van der Waals surface area contributed by atoms with Gasteiger partial charge in [-0.1, -0.05) is 0 Å². The van der Waals surface area contributed by atoms with Crippen LogP contribution < -0.4 is 10.1 Å². The average molecular weight is 417 g/mol. The molecule has 0 radical (unpaired) electrons. The fraction of sp³-hybridized carbons (Fsp3) is 0.250. The SMILES string of the molecule is COc1cc(N=C2NC(=O)N(C)C3=NCC(c4cc(F)cc(F)c4)N23)c(C)cc1F. The number of halogens is 3. The number of methoxy groups -OCH3 is 1. The van der Waals surface area contributed by atoms with Crippen molar-refractivity contribution in [2.45, 2.75) is 13.0 Å². The number of nitrogens with zero attached hydrogens (tertiary/aromatic N) is 4. The van der Waals surface area contributed by atoms with Gasteiger partial charge in [0.1, 0.15) is 11.6 Å². The molecule has 0 saturated carbocycles. The quantitative estimate of drug-likeness (QED) is 0.832. The number of rotatable bonds is 3. The van der Waals surface area contributed by atoms with Crippen LogP contribution in [0.3, 0.4) is 0 Å². The summed E-state index contributed by atoms with van der Waals surface area (Å²) in [6.45, 7) is 1.83. The van der Waals surface area contributed by atoms with Gasteiger partial charge in [0.25, 0.3) is 0 Å². The molecule has 7 nitrogen and oxygen atoms in total. The minimum Gasteiger partial charge on any atom is -0.494 e. The number of carbonyl (C=O) groups is 1. The predicted octanol–water partition coefficient (Wildman–Crippen LogP) is 3.48. The molecule has 2 aromatic carbocycles. The third-order valence-electron chi connectivity index (χ3n) is 4.95. The van der Waals surface area contributed by atoms with Crippen molar-refractivity contribution in [1.29, 1.82) is 0 Å². The predicted molar refractivity (Wildman–Crippen MR) is 104 cm³/mol. The first-order valence-corrected chi connectivity index (χ1v) is 9.05. The van der Waals surface area contributed by atoms with Crippen molar-refractivity contribution in [3.8, 4) is 5.75 Å². The molecule has 2 aliphatic heterocycles. The van der Waals surface area contributed by atoms with E-state index in [1.54, 1.807) is 11.8 Å². The third kappa shape index (κ3) is 3.34. The Labute approximate surface area is 170 Å². The van der Waals surface area contributed by atoms with E-state index in [0.717, 1.165) is 6.07 Å². The van der Waals surface area contributed by atoms with Gasteiger partial charge < -0.3 is 4.74 Å². The van der Waals surface area contributed by atoms with E-state index in [4.69, 9.17) is 4.74 Å². The van der Waals surface area contributed by atoms with E-state index < -0.39 is 29.5 Å². The Morgan fingerprint density at radius 1 is 1.17 bits per heavy atom. The standard InChI is InChI=1S/C20H18F3N5O2/c1-10-4-14(23)17(30-3)8-15(10)25-18-26-20(29)27(2)19-24-9-16(28(18)19)11-5-12(21)7-13(22)6-11/h4-8,16H,9H2,1-3H3,(H,25,26,29). The first kappa shape index (κ1) is 19.7. The number of benzene rings is 2. The zero-order chi connectivity index (χ0) is 21.6. The van der Waals surface area contributed by atoms with Gasteiger partial charge in [0.05, 0.1) is 25.4 Å². The van der Waals surface area contributed by atoms with Crippen LogP contribution in [0.5, 0.6) is 5.75 Å². The highest BCUT2D eigenvalue weighted by Crippen LogP contribution is 2.33. The molecule has 30 heavy (non-hydrogen) atoms. The molecule has 2 amide bonds. The summed E-state index contributed by atoms with van der Waals surface area (Å²) in [4.78, 5) is 24.1.